The van der Waals surface area contributed by atoms with Gasteiger partial charge in [-0.3, -0.25) is 4.79 Å². The van der Waals surface area contributed by atoms with Crippen LogP contribution in [0.1, 0.15) is 17.5 Å². The Labute approximate surface area is 134 Å². The van der Waals surface area contributed by atoms with E-state index >= 15 is 0 Å². The molecule has 1 saturated heterocycles. The first-order valence-corrected chi connectivity index (χ1v) is 7.20. The molecule has 0 radical (unpaired) electrons. The lowest BCUT2D eigenvalue weighted by Crippen LogP contribution is -2.46. The lowest BCUT2D eigenvalue weighted by atomic mass is 9.98. The van der Waals surface area contributed by atoms with Gasteiger partial charge >= 0.3 is 0 Å². The predicted molar refractivity (Wildman–Crippen MR) is 80.0 cm³/mol. The van der Waals surface area contributed by atoms with Crippen molar-refractivity contribution >= 4 is 18.3 Å². The molecule has 1 unspecified atom stereocenters. The average molecular weight is 333 g/mol. The van der Waals surface area contributed by atoms with Gasteiger partial charge in [-0.2, -0.15) is 0 Å². The number of carbonyl (C=O) groups is 1. The summed E-state index contributed by atoms with van der Waals surface area (Å²) in [4.78, 5) is 13.9. The van der Waals surface area contributed by atoms with Crippen LogP contribution in [0.4, 0.5) is 8.78 Å². The molecule has 1 fully saturated rings. The van der Waals surface area contributed by atoms with Crippen LogP contribution in [-0.4, -0.2) is 43.2 Å². The third kappa shape index (κ3) is 3.56. The van der Waals surface area contributed by atoms with Crippen LogP contribution in [0.2, 0.25) is 0 Å². The van der Waals surface area contributed by atoms with Gasteiger partial charge in [-0.1, -0.05) is 0 Å². The van der Waals surface area contributed by atoms with Crippen LogP contribution >= 0.6 is 12.4 Å². The van der Waals surface area contributed by atoms with E-state index in [9.17, 15) is 13.6 Å². The molecule has 1 aromatic rings. The number of fused-ring (bicyclic) bond motifs is 1. The number of nitrogens with one attached hydrogen (secondary N) is 1. The zero-order valence-electron chi connectivity index (χ0n) is 12.1. The van der Waals surface area contributed by atoms with Crippen molar-refractivity contribution in [1.82, 2.24) is 10.2 Å². The zero-order chi connectivity index (χ0) is 14.8. The van der Waals surface area contributed by atoms with Gasteiger partial charge in [-0.15, -0.1) is 12.4 Å². The smallest absolute Gasteiger partial charge is 0.224 e. The van der Waals surface area contributed by atoms with Crippen molar-refractivity contribution in [3.05, 3.63) is 34.9 Å². The fourth-order valence-electron chi connectivity index (χ4n) is 2.90. The summed E-state index contributed by atoms with van der Waals surface area (Å²) in [5.74, 6) is -0.879. The number of hydrogen-bond acceptors (Lipinski definition) is 3. The highest BCUT2D eigenvalue weighted by Crippen LogP contribution is 2.25. The van der Waals surface area contributed by atoms with Crippen molar-refractivity contribution in [2.24, 2.45) is 0 Å². The van der Waals surface area contributed by atoms with Crippen LogP contribution in [0.25, 0.3) is 0 Å². The van der Waals surface area contributed by atoms with Crippen LogP contribution in [0, 0.1) is 11.6 Å². The molecular weight excluding hydrogens is 314 g/mol. The second-order valence-electron chi connectivity index (χ2n) is 5.48. The normalized spacial score (nSPS) is 21.0. The highest BCUT2D eigenvalue weighted by molar-refractivity contribution is 5.85. The van der Waals surface area contributed by atoms with Crippen LogP contribution in [0.3, 0.4) is 0 Å². The molecule has 0 aliphatic carbocycles. The van der Waals surface area contributed by atoms with E-state index < -0.39 is 5.82 Å². The van der Waals surface area contributed by atoms with Gasteiger partial charge < -0.3 is 15.0 Å². The minimum Gasteiger partial charge on any atom is -0.378 e. The molecule has 0 saturated carbocycles. The van der Waals surface area contributed by atoms with E-state index in [4.69, 9.17) is 4.74 Å². The van der Waals surface area contributed by atoms with Crippen LogP contribution in [0.5, 0.6) is 0 Å². The Balaban J connectivity index is 0.00000176. The number of benzene rings is 1. The highest BCUT2D eigenvalue weighted by atomic mass is 35.5. The lowest BCUT2D eigenvalue weighted by molar-refractivity contribution is -0.133. The van der Waals surface area contributed by atoms with Gasteiger partial charge in [0, 0.05) is 37.7 Å². The van der Waals surface area contributed by atoms with Gasteiger partial charge in [0.2, 0.25) is 5.91 Å². The first-order valence-electron chi connectivity index (χ1n) is 7.20. The van der Waals surface area contributed by atoms with Crippen LogP contribution < -0.4 is 5.32 Å². The molecule has 1 N–H and O–H groups in total. The molecule has 0 aromatic heterocycles. The summed E-state index contributed by atoms with van der Waals surface area (Å²) >= 11 is 0. The molecule has 3 rings (SSSR count). The largest absolute Gasteiger partial charge is 0.378 e. The third-order valence-electron chi connectivity index (χ3n) is 4.07. The molecular formula is C15H19ClF2N2O2. The number of amides is 1. The Bertz CT molecular complexity index is 551. The van der Waals surface area contributed by atoms with E-state index in [2.05, 4.69) is 5.32 Å². The standard InChI is InChI=1S/C15H18F2N2O2.ClH/c16-13-1-2-14(17)12-8-19(5-3-11(12)13)15(20)7-10-9-21-6-4-18-10;/h1-2,10,18H,3-9H2;1H. The Kier molecular flexibility index (Phi) is 5.72. The Morgan fingerprint density at radius 1 is 1.32 bits per heavy atom. The predicted octanol–water partition coefficient (Wildman–Crippen LogP) is 1.65. The van der Waals surface area contributed by atoms with E-state index in [1.165, 1.54) is 0 Å². The first kappa shape index (κ1) is 17.1. The maximum atomic E-state index is 13.8. The number of rotatable bonds is 2. The fraction of sp³-hybridized carbons (Fsp3) is 0.533. The average Bonchev–Trinajstić information content (AvgIpc) is 2.52. The molecule has 0 spiro atoms. The summed E-state index contributed by atoms with van der Waals surface area (Å²) in [6.45, 7) is 2.48. The minimum atomic E-state index is -0.442. The topological polar surface area (TPSA) is 41.6 Å². The van der Waals surface area contributed by atoms with Gasteiger partial charge in [0.25, 0.3) is 0 Å². The Morgan fingerprint density at radius 2 is 2.05 bits per heavy atom. The van der Waals surface area contributed by atoms with Gasteiger partial charge in [0.05, 0.1) is 13.2 Å². The number of hydrogen-bond donors (Lipinski definition) is 1. The van der Waals surface area contributed by atoms with Gasteiger partial charge in [0.1, 0.15) is 11.6 Å². The minimum absolute atomic E-state index is 0. The third-order valence-corrected chi connectivity index (χ3v) is 4.07. The number of nitrogens with zero attached hydrogens (tertiary/aromatic N) is 1. The summed E-state index contributed by atoms with van der Waals surface area (Å²) < 4.78 is 32.8. The van der Waals surface area contributed by atoms with E-state index in [-0.39, 0.29) is 36.7 Å². The molecule has 122 valence electrons. The Hall–Kier alpha value is -1.24. The molecule has 1 amide bonds. The second kappa shape index (κ2) is 7.35. The van der Waals surface area contributed by atoms with Crippen molar-refractivity contribution in [2.45, 2.75) is 25.4 Å². The Morgan fingerprint density at radius 3 is 2.73 bits per heavy atom. The molecule has 1 aromatic carbocycles. The fourth-order valence-corrected chi connectivity index (χ4v) is 2.90. The van der Waals surface area contributed by atoms with Crippen molar-refractivity contribution < 1.29 is 18.3 Å². The number of carbonyl (C=O) groups excluding carboxylic acids is 1. The van der Waals surface area contributed by atoms with Gasteiger partial charge in [-0.25, -0.2) is 8.78 Å². The van der Waals surface area contributed by atoms with Crippen molar-refractivity contribution in [1.29, 1.82) is 0 Å². The summed E-state index contributed by atoms with van der Waals surface area (Å²) in [6.07, 6.45) is 0.686. The number of ether oxygens (including phenoxy) is 1. The summed E-state index contributed by atoms with van der Waals surface area (Å²) in [5, 5.41) is 3.22. The van der Waals surface area contributed by atoms with Crippen LogP contribution in [-0.2, 0) is 22.5 Å². The molecule has 7 heteroatoms. The van der Waals surface area contributed by atoms with Crippen molar-refractivity contribution in [3.8, 4) is 0 Å². The van der Waals surface area contributed by atoms with E-state index in [0.717, 1.165) is 18.7 Å². The molecule has 2 aliphatic rings. The summed E-state index contributed by atoms with van der Waals surface area (Å²) in [5.41, 5.74) is 0.709. The highest BCUT2D eigenvalue weighted by Gasteiger charge is 2.27. The van der Waals surface area contributed by atoms with Crippen molar-refractivity contribution in [2.75, 3.05) is 26.3 Å². The molecule has 4 nitrogen and oxygen atoms in total. The summed E-state index contributed by atoms with van der Waals surface area (Å²) in [6, 6.07) is 2.28. The molecule has 2 aliphatic heterocycles. The van der Waals surface area contributed by atoms with Crippen LogP contribution in [0.15, 0.2) is 12.1 Å². The lowest BCUT2D eigenvalue weighted by Gasteiger charge is -2.31. The monoisotopic (exact) mass is 332 g/mol. The maximum absolute atomic E-state index is 13.8. The molecule has 2 heterocycles. The zero-order valence-corrected chi connectivity index (χ0v) is 12.9. The van der Waals surface area contributed by atoms with E-state index in [0.29, 0.717) is 43.7 Å². The second-order valence-corrected chi connectivity index (χ2v) is 5.48. The molecule has 0 bridgehead atoms. The van der Waals surface area contributed by atoms with Crippen molar-refractivity contribution in [3.63, 3.8) is 0 Å². The first-order chi connectivity index (χ1) is 10.1. The molecule has 1 atom stereocenters. The number of morpholine rings is 1. The van der Waals surface area contributed by atoms with E-state index in [1.807, 2.05) is 0 Å². The number of halogens is 3. The maximum Gasteiger partial charge on any atom is 0.224 e. The molecule has 22 heavy (non-hydrogen) atoms. The summed E-state index contributed by atoms with van der Waals surface area (Å²) in [7, 11) is 0. The van der Waals surface area contributed by atoms with Gasteiger partial charge in [-0.05, 0) is 24.1 Å². The van der Waals surface area contributed by atoms with Gasteiger partial charge in [0.15, 0.2) is 0 Å². The quantitative estimate of drug-likeness (QED) is 0.895. The van der Waals surface area contributed by atoms with E-state index in [1.54, 1.807) is 4.90 Å². The SMILES string of the molecule is Cl.O=C(CC1COCCN1)N1CCc2c(F)ccc(F)c2C1.